The first-order chi connectivity index (χ1) is 20.9. The van der Waals surface area contributed by atoms with Crippen molar-refractivity contribution in [3.63, 3.8) is 0 Å². The first kappa shape index (κ1) is 30.4. The van der Waals surface area contributed by atoms with Crippen LogP contribution in [0.4, 0.5) is 16.4 Å². The molecule has 2 aromatic carbocycles. The van der Waals surface area contributed by atoms with Crippen molar-refractivity contribution in [1.82, 2.24) is 19.9 Å². The highest BCUT2D eigenvalue weighted by Crippen LogP contribution is 2.33. The number of carbonyl (C=O) groups excluding carboxylic acids is 2. The molecule has 0 atom stereocenters. The van der Waals surface area contributed by atoms with Gasteiger partial charge in [0.1, 0.15) is 11.3 Å². The summed E-state index contributed by atoms with van der Waals surface area (Å²) in [6.45, 7) is 9.52. The van der Waals surface area contributed by atoms with E-state index >= 15 is 0 Å². The Balaban J connectivity index is 1.34. The Kier molecular flexibility index (Phi) is 8.52. The van der Waals surface area contributed by atoms with Gasteiger partial charge in [-0.05, 0) is 69.7 Å². The standard InChI is InChI=1S/C33H34ClN7O3/c1-19-8-11-23(34)13-25(19)29-26(30(35)42)14-27(39-29)28-22(16-38-31(36)40-28)10-9-20-6-5-7-24(12-20)37-15-21-17-41(18-21)32(43)44-33(2,3)4/h5-8,11-14,16,21,37,39H,15,17-18H2,1-4H3,(H2,35,42)(H2,36,38,40). The van der Waals surface area contributed by atoms with Gasteiger partial charge >= 0.3 is 6.09 Å². The number of carbonyl (C=O) groups is 2. The van der Waals surface area contributed by atoms with Gasteiger partial charge in [0.05, 0.1) is 22.5 Å². The fourth-order valence-electron chi connectivity index (χ4n) is 4.83. The van der Waals surface area contributed by atoms with E-state index in [4.69, 9.17) is 27.8 Å². The monoisotopic (exact) mass is 611 g/mol. The summed E-state index contributed by atoms with van der Waals surface area (Å²) in [5, 5.41) is 3.97. The third-order valence-electron chi connectivity index (χ3n) is 7.02. The van der Waals surface area contributed by atoms with E-state index in [-0.39, 0.29) is 12.0 Å². The number of halogens is 1. The predicted molar refractivity (Wildman–Crippen MR) is 172 cm³/mol. The lowest BCUT2D eigenvalue weighted by molar-refractivity contribution is 0.000837. The van der Waals surface area contributed by atoms with E-state index in [1.165, 1.54) is 0 Å². The van der Waals surface area contributed by atoms with Gasteiger partial charge < -0.3 is 31.4 Å². The summed E-state index contributed by atoms with van der Waals surface area (Å²) in [4.78, 5) is 38.1. The zero-order valence-electron chi connectivity index (χ0n) is 25.0. The van der Waals surface area contributed by atoms with Gasteiger partial charge in [-0.2, -0.15) is 0 Å². The number of ether oxygens (including phenoxy) is 1. The van der Waals surface area contributed by atoms with Gasteiger partial charge in [0.25, 0.3) is 5.91 Å². The minimum Gasteiger partial charge on any atom is -0.444 e. The van der Waals surface area contributed by atoms with Crippen LogP contribution in [0.25, 0.3) is 22.6 Å². The number of likely N-dealkylation sites (tertiary alicyclic amines) is 1. The van der Waals surface area contributed by atoms with Crippen LogP contribution < -0.4 is 16.8 Å². The number of H-pyrrole nitrogens is 1. The number of amides is 2. The summed E-state index contributed by atoms with van der Waals surface area (Å²) >= 11 is 6.25. The largest absolute Gasteiger partial charge is 0.444 e. The molecule has 0 unspecified atom stereocenters. The van der Waals surface area contributed by atoms with Crippen LogP contribution in [0.2, 0.25) is 5.02 Å². The minimum absolute atomic E-state index is 0.0636. The van der Waals surface area contributed by atoms with Gasteiger partial charge in [0.15, 0.2) is 0 Å². The van der Waals surface area contributed by atoms with E-state index in [1.54, 1.807) is 29.3 Å². The van der Waals surface area contributed by atoms with Crippen molar-refractivity contribution < 1.29 is 14.3 Å². The van der Waals surface area contributed by atoms with Crippen LogP contribution >= 0.6 is 11.6 Å². The molecule has 11 heteroatoms. The van der Waals surface area contributed by atoms with Crippen LogP contribution in [-0.2, 0) is 4.74 Å². The Labute approximate surface area is 261 Å². The maximum absolute atomic E-state index is 12.4. The van der Waals surface area contributed by atoms with Gasteiger partial charge in [-0.3, -0.25) is 4.79 Å². The molecular formula is C33H34ClN7O3. The number of primary amides is 1. The second-order valence-electron chi connectivity index (χ2n) is 11.7. The molecular weight excluding hydrogens is 578 g/mol. The van der Waals surface area contributed by atoms with E-state index in [0.717, 1.165) is 28.9 Å². The van der Waals surface area contributed by atoms with Crippen LogP contribution in [0.3, 0.4) is 0 Å². The molecule has 1 aliphatic heterocycles. The van der Waals surface area contributed by atoms with Gasteiger partial charge in [-0.25, -0.2) is 14.8 Å². The number of aryl methyl sites for hydroxylation is 1. The number of aromatic amines is 1. The minimum atomic E-state index is -0.597. The zero-order valence-corrected chi connectivity index (χ0v) is 25.7. The number of nitrogen functional groups attached to an aromatic ring is 1. The highest BCUT2D eigenvalue weighted by molar-refractivity contribution is 6.31. The summed E-state index contributed by atoms with van der Waals surface area (Å²) in [5.74, 6) is 6.13. The number of benzene rings is 2. The Morgan fingerprint density at radius 3 is 2.66 bits per heavy atom. The maximum Gasteiger partial charge on any atom is 0.410 e. The first-order valence-electron chi connectivity index (χ1n) is 14.1. The van der Waals surface area contributed by atoms with Crippen molar-refractivity contribution in [3.05, 3.63) is 82.0 Å². The second-order valence-corrected chi connectivity index (χ2v) is 12.2. The molecule has 2 aromatic heterocycles. The molecule has 5 rings (SSSR count). The summed E-state index contributed by atoms with van der Waals surface area (Å²) in [6.07, 6.45) is 1.27. The number of nitrogens with one attached hydrogen (secondary N) is 2. The van der Waals surface area contributed by atoms with E-state index in [0.29, 0.717) is 52.2 Å². The van der Waals surface area contributed by atoms with Crippen LogP contribution in [0.1, 0.15) is 47.8 Å². The molecule has 10 nitrogen and oxygen atoms in total. The van der Waals surface area contributed by atoms with Gasteiger partial charge in [0, 0.05) is 53.6 Å². The Bertz CT molecular complexity index is 1790. The molecule has 226 valence electrons. The van der Waals surface area contributed by atoms with Crippen LogP contribution in [0.5, 0.6) is 0 Å². The normalized spacial score (nSPS) is 13.1. The summed E-state index contributed by atoms with van der Waals surface area (Å²) in [6, 6.07) is 14.8. The summed E-state index contributed by atoms with van der Waals surface area (Å²) < 4.78 is 5.43. The SMILES string of the molecule is Cc1ccc(Cl)cc1-c1[nH]c(-c2nc(N)ncc2C#Cc2cccc(NCC3CN(C(=O)OC(C)(C)C)C3)c2)cc1C(N)=O. The Morgan fingerprint density at radius 1 is 1.16 bits per heavy atom. The Morgan fingerprint density at radius 2 is 1.93 bits per heavy atom. The molecule has 44 heavy (non-hydrogen) atoms. The lowest BCUT2D eigenvalue weighted by Crippen LogP contribution is -2.53. The molecule has 1 saturated heterocycles. The number of nitrogens with two attached hydrogens (primary N) is 2. The average molecular weight is 612 g/mol. The molecule has 4 aromatic rings. The predicted octanol–water partition coefficient (Wildman–Crippen LogP) is 5.46. The topological polar surface area (TPSA) is 152 Å². The molecule has 0 radical (unpaired) electrons. The van der Waals surface area contributed by atoms with E-state index in [1.807, 2.05) is 58.0 Å². The first-order valence-corrected chi connectivity index (χ1v) is 14.5. The number of anilines is 2. The van der Waals surface area contributed by atoms with Crippen molar-refractivity contribution >= 4 is 35.2 Å². The number of rotatable bonds is 6. The van der Waals surface area contributed by atoms with Crippen molar-refractivity contribution in [3.8, 4) is 34.5 Å². The van der Waals surface area contributed by atoms with Crippen molar-refractivity contribution in [1.29, 1.82) is 0 Å². The fourth-order valence-corrected chi connectivity index (χ4v) is 5.00. The number of aromatic nitrogens is 3. The summed E-state index contributed by atoms with van der Waals surface area (Å²) in [5.41, 5.74) is 16.8. The maximum atomic E-state index is 12.4. The van der Waals surface area contributed by atoms with Gasteiger partial charge in [0.2, 0.25) is 5.95 Å². The van der Waals surface area contributed by atoms with Crippen LogP contribution in [-0.4, -0.2) is 57.1 Å². The highest BCUT2D eigenvalue weighted by Gasteiger charge is 2.33. The smallest absolute Gasteiger partial charge is 0.410 e. The third-order valence-corrected chi connectivity index (χ3v) is 7.26. The number of hydrogen-bond acceptors (Lipinski definition) is 7. The van der Waals surface area contributed by atoms with Crippen LogP contribution in [0.15, 0.2) is 54.7 Å². The molecule has 1 aliphatic rings. The molecule has 0 saturated carbocycles. The average Bonchev–Trinajstić information content (AvgIpc) is 3.38. The Hall–Kier alpha value is -5.01. The molecule has 0 spiro atoms. The third kappa shape index (κ3) is 7.13. The van der Waals surface area contributed by atoms with Gasteiger partial charge in [-0.1, -0.05) is 35.6 Å². The lowest BCUT2D eigenvalue weighted by Gasteiger charge is -2.40. The molecule has 0 bridgehead atoms. The second kappa shape index (κ2) is 12.3. The van der Waals surface area contributed by atoms with Crippen LogP contribution in [0, 0.1) is 24.7 Å². The zero-order chi connectivity index (χ0) is 31.6. The molecule has 0 aliphatic carbocycles. The van der Waals surface area contributed by atoms with Crippen molar-refractivity contribution in [2.24, 2.45) is 11.7 Å². The molecule has 2 amide bonds. The fraction of sp³-hybridized carbons (Fsp3) is 0.273. The van der Waals surface area contributed by atoms with E-state index in [9.17, 15) is 9.59 Å². The van der Waals surface area contributed by atoms with Crippen molar-refractivity contribution in [2.75, 3.05) is 30.7 Å². The number of hydrogen-bond donors (Lipinski definition) is 4. The molecule has 6 N–H and O–H groups in total. The quantitative estimate of drug-likeness (QED) is 0.211. The molecule has 3 heterocycles. The number of nitrogens with zero attached hydrogens (tertiary/aromatic N) is 3. The van der Waals surface area contributed by atoms with Gasteiger partial charge in [-0.15, -0.1) is 0 Å². The highest BCUT2D eigenvalue weighted by atomic mass is 35.5. The van der Waals surface area contributed by atoms with E-state index in [2.05, 4.69) is 32.1 Å². The molecule has 1 fully saturated rings. The lowest BCUT2D eigenvalue weighted by atomic mass is 10.0. The summed E-state index contributed by atoms with van der Waals surface area (Å²) in [7, 11) is 0. The van der Waals surface area contributed by atoms with Crippen molar-refractivity contribution in [2.45, 2.75) is 33.3 Å². The van der Waals surface area contributed by atoms with E-state index < -0.39 is 11.5 Å².